The monoisotopic (exact) mass is 286 g/mol. The van der Waals surface area contributed by atoms with Gasteiger partial charge >= 0.3 is 0 Å². The molecule has 1 aromatic heterocycles. The molecule has 0 saturated heterocycles. The molecule has 0 atom stereocenters. The summed E-state index contributed by atoms with van der Waals surface area (Å²) >= 11 is 0. The normalized spacial score (nSPS) is 11.7. The molecule has 0 aliphatic rings. The molecule has 0 aliphatic heterocycles. The lowest BCUT2D eigenvalue weighted by molar-refractivity contribution is 0.569. The van der Waals surface area contributed by atoms with Gasteiger partial charge in [-0.05, 0) is 12.1 Å². The Morgan fingerprint density at radius 1 is 1.42 bits per heavy atom. The zero-order chi connectivity index (χ0) is 13.9. The second-order valence-corrected chi connectivity index (χ2v) is 5.31. The molecule has 0 saturated carbocycles. The standard InChI is InChI=1S/C9H11FN6O2S/c10-7-2-1-3-8(6(7)4-11)19(17,18)12-5-9-13-15-16-14-9/h1-3,12H,4-5,11H2,(H,13,14,15,16). The number of rotatable bonds is 5. The van der Waals surface area contributed by atoms with Crippen LogP contribution in [0.2, 0.25) is 0 Å². The van der Waals surface area contributed by atoms with Crippen LogP contribution in [0.4, 0.5) is 4.39 Å². The molecule has 4 N–H and O–H groups in total. The van der Waals surface area contributed by atoms with Gasteiger partial charge in [-0.25, -0.2) is 17.5 Å². The van der Waals surface area contributed by atoms with E-state index in [0.29, 0.717) is 0 Å². The second-order valence-electron chi connectivity index (χ2n) is 3.57. The van der Waals surface area contributed by atoms with Gasteiger partial charge in [0.1, 0.15) is 5.82 Å². The van der Waals surface area contributed by atoms with E-state index in [4.69, 9.17) is 5.73 Å². The van der Waals surface area contributed by atoms with Crippen molar-refractivity contribution in [3.8, 4) is 0 Å². The van der Waals surface area contributed by atoms with Crippen molar-refractivity contribution >= 4 is 10.0 Å². The number of sulfonamides is 1. The fourth-order valence-electron chi connectivity index (χ4n) is 1.48. The third-order valence-corrected chi connectivity index (χ3v) is 3.86. The van der Waals surface area contributed by atoms with E-state index in [9.17, 15) is 12.8 Å². The van der Waals surface area contributed by atoms with Gasteiger partial charge in [-0.2, -0.15) is 5.21 Å². The molecule has 1 aromatic carbocycles. The van der Waals surface area contributed by atoms with Crippen LogP contribution in [0, 0.1) is 5.82 Å². The molecule has 19 heavy (non-hydrogen) atoms. The number of aromatic nitrogens is 4. The number of nitrogens with one attached hydrogen (secondary N) is 2. The highest BCUT2D eigenvalue weighted by Crippen LogP contribution is 2.18. The van der Waals surface area contributed by atoms with Crippen LogP contribution in [0.1, 0.15) is 11.4 Å². The van der Waals surface area contributed by atoms with E-state index in [2.05, 4.69) is 25.3 Å². The Balaban J connectivity index is 2.27. The van der Waals surface area contributed by atoms with E-state index in [1.807, 2.05) is 0 Å². The number of tetrazole rings is 1. The Morgan fingerprint density at radius 2 is 2.21 bits per heavy atom. The van der Waals surface area contributed by atoms with Gasteiger partial charge < -0.3 is 5.73 Å². The van der Waals surface area contributed by atoms with Crippen molar-refractivity contribution in [3.05, 3.63) is 35.4 Å². The highest BCUT2D eigenvalue weighted by atomic mass is 32.2. The first-order chi connectivity index (χ1) is 9.04. The van der Waals surface area contributed by atoms with Gasteiger partial charge in [-0.1, -0.05) is 11.3 Å². The fourth-order valence-corrected chi connectivity index (χ4v) is 2.72. The van der Waals surface area contributed by atoms with E-state index in [1.165, 1.54) is 12.1 Å². The van der Waals surface area contributed by atoms with Gasteiger partial charge in [0.2, 0.25) is 10.0 Å². The Bertz CT molecular complexity index is 657. The number of halogens is 1. The average molecular weight is 286 g/mol. The van der Waals surface area contributed by atoms with Crippen LogP contribution in [0.15, 0.2) is 23.1 Å². The average Bonchev–Trinajstić information content (AvgIpc) is 2.89. The molecule has 1 heterocycles. The number of nitrogens with zero attached hydrogens (tertiary/aromatic N) is 3. The molecule has 102 valence electrons. The Labute approximate surface area is 108 Å². The largest absolute Gasteiger partial charge is 0.326 e. The molecule has 0 amide bonds. The maximum Gasteiger partial charge on any atom is 0.241 e. The summed E-state index contributed by atoms with van der Waals surface area (Å²) in [5, 5.41) is 12.7. The third-order valence-electron chi connectivity index (χ3n) is 2.38. The summed E-state index contributed by atoms with van der Waals surface area (Å²) in [5.74, 6) is -0.487. The van der Waals surface area contributed by atoms with E-state index in [0.717, 1.165) is 6.07 Å². The molecule has 0 spiro atoms. The molecule has 0 bridgehead atoms. The summed E-state index contributed by atoms with van der Waals surface area (Å²) in [5.41, 5.74) is 5.30. The summed E-state index contributed by atoms with van der Waals surface area (Å²) < 4.78 is 39.8. The zero-order valence-corrected chi connectivity index (χ0v) is 10.5. The Morgan fingerprint density at radius 3 is 2.84 bits per heavy atom. The maximum atomic E-state index is 13.5. The van der Waals surface area contributed by atoms with Gasteiger partial charge in [0.15, 0.2) is 5.82 Å². The van der Waals surface area contributed by atoms with Crippen LogP contribution >= 0.6 is 0 Å². The lowest BCUT2D eigenvalue weighted by atomic mass is 10.2. The van der Waals surface area contributed by atoms with Crippen LogP contribution in [0.3, 0.4) is 0 Å². The Hall–Kier alpha value is -1.91. The van der Waals surface area contributed by atoms with Crippen molar-refractivity contribution < 1.29 is 12.8 Å². The smallest absolute Gasteiger partial charge is 0.241 e. The summed E-state index contributed by atoms with van der Waals surface area (Å²) in [6.45, 7) is -0.371. The van der Waals surface area contributed by atoms with E-state index in [1.54, 1.807) is 0 Å². The number of aromatic amines is 1. The van der Waals surface area contributed by atoms with Crippen molar-refractivity contribution in [1.82, 2.24) is 25.3 Å². The van der Waals surface area contributed by atoms with E-state index in [-0.39, 0.29) is 29.4 Å². The molecule has 0 radical (unpaired) electrons. The summed E-state index contributed by atoms with van der Waals surface area (Å²) in [6.07, 6.45) is 0. The minimum absolute atomic E-state index is 0.0666. The number of hydrogen-bond donors (Lipinski definition) is 3. The van der Waals surface area contributed by atoms with E-state index < -0.39 is 15.8 Å². The maximum absolute atomic E-state index is 13.5. The van der Waals surface area contributed by atoms with Crippen LogP contribution in [0.5, 0.6) is 0 Å². The van der Waals surface area contributed by atoms with Crippen molar-refractivity contribution in [2.24, 2.45) is 5.73 Å². The van der Waals surface area contributed by atoms with Gasteiger partial charge in [0, 0.05) is 12.1 Å². The predicted octanol–water partition coefficient (Wildman–Crippen LogP) is -0.724. The van der Waals surface area contributed by atoms with Crippen LogP contribution in [-0.2, 0) is 23.1 Å². The summed E-state index contributed by atoms with van der Waals surface area (Å²) in [7, 11) is -3.89. The fraction of sp³-hybridized carbons (Fsp3) is 0.222. The zero-order valence-electron chi connectivity index (χ0n) is 9.67. The summed E-state index contributed by atoms with van der Waals surface area (Å²) in [6, 6.07) is 3.74. The van der Waals surface area contributed by atoms with Crippen LogP contribution in [-0.4, -0.2) is 29.0 Å². The van der Waals surface area contributed by atoms with Gasteiger partial charge in [0.25, 0.3) is 0 Å². The lowest BCUT2D eigenvalue weighted by Gasteiger charge is -2.09. The van der Waals surface area contributed by atoms with E-state index >= 15 is 0 Å². The Kier molecular flexibility index (Phi) is 3.83. The topological polar surface area (TPSA) is 127 Å². The molecule has 0 fully saturated rings. The number of hydrogen-bond acceptors (Lipinski definition) is 6. The first-order valence-corrected chi connectivity index (χ1v) is 6.72. The highest BCUT2D eigenvalue weighted by molar-refractivity contribution is 7.89. The number of H-pyrrole nitrogens is 1. The quantitative estimate of drug-likeness (QED) is 0.665. The first kappa shape index (κ1) is 13.5. The highest BCUT2D eigenvalue weighted by Gasteiger charge is 2.20. The molecule has 0 unspecified atom stereocenters. The molecule has 10 heteroatoms. The molecule has 0 aliphatic carbocycles. The number of nitrogens with two attached hydrogens (primary N) is 1. The minimum Gasteiger partial charge on any atom is -0.326 e. The van der Waals surface area contributed by atoms with Gasteiger partial charge in [-0.3, -0.25) is 0 Å². The van der Waals surface area contributed by atoms with Crippen molar-refractivity contribution in [1.29, 1.82) is 0 Å². The first-order valence-electron chi connectivity index (χ1n) is 5.24. The third kappa shape index (κ3) is 2.92. The summed E-state index contributed by atoms with van der Waals surface area (Å²) in [4.78, 5) is -0.196. The lowest BCUT2D eigenvalue weighted by Crippen LogP contribution is -2.25. The minimum atomic E-state index is -3.89. The van der Waals surface area contributed by atoms with Crippen molar-refractivity contribution in [2.75, 3.05) is 0 Å². The molecule has 2 aromatic rings. The molecule has 2 rings (SSSR count). The molecular formula is C9H11FN6O2S. The second kappa shape index (κ2) is 5.38. The molecule has 8 nitrogen and oxygen atoms in total. The van der Waals surface area contributed by atoms with Crippen molar-refractivity contribution in [2.45, 2.75) is 18.0 Å². The van der Waals surface area contributed by atoms with Crippen molar-refractivity contribution in [3.63, 3.8) is 0 Å². The van der Waals surface area contributed by atoms with Crippen LogP contribution < -0.4 is 10.5 Å². The van der Waals surface area contributed by atoms with Gasteiger partial charge in [0.05, 0.1) is 11.4 Å². The van der Waals surface area contributed by atoms with Crippen LogP contribution in [0.25, 0.3) is 0 Å². The SMILES string of the molecule is NCc1c(F)cccc1S(=O)(=O)NCc1nn[nH]n1. The predicted molar refractivity (Wildman–Crippen MR) is 62.5 cm³/mol. The van der Waals surface area contributed by atoms with Gasteiger partial charge in [-0.15, -0.1) is 10.2 Å². The molecular weight excluding hydrogens is 275 g/mol. The number of benzene rings is 1.